The Labute approximate surface area is 100 Å². The van der Waals surface area contributed by atoms with E-state index in [0.717, 1.165) is 19.6 Å². The highest BCUT2D eigenvalue weighted by Gasteiger charge is 2.06. The minimum absolute atomic E-state index is 0.157. The Balaban J connectivity index is 3.27. The van der Waals surface area contributed by atoms with E-state index in [1.165, 1.54) is 12.8 Å². The Morgan fingerprint density at radius 1 is 0.875 bits per heavy atom. The highest BCUT2D eigenvalue weighted by Crippen LogP contribution is 1.99. The lowest BCUT2D eigenvalue weighted by atomic mass is 10.3. The van der Waals surface area contributed by atoms with Gasteiger partial charge in [0.1, 0.15) is 0 Å². The van der Waals surface area contributed by atoms with Crippen LogP contribution in [0.3, 0.4) is 0 Å². The highest BCUT2D eigenvalue weighted by atomic mass is 16.6. The van der Waals surface area contributed by atoms with Gasteiger partial charge in [-0.2, -0.15) is 0 Å². The van der Waals surface area contributed by atoms with Crippen molar-refractivity contribution in [1.82, 2.24) is 0 Å². The molecule has 0 heterocycles. The molecule has 0 aromatic rings. The van der Waals surface area contributed by atoms with E-state index < -0.39 is 0 Å². The summed E-state index contributed by atoms with van der Waals surface area (Å²) < 4.78 is 16.5. The maximum Gasteiger partial charge on any atom is 0.0781 e. The fourth-order valence-corrected chi connectivity index (χ4v) is 1.38. The smallest absolute Gasteiger partial charge is 0.0781 e. The third-order valence-corrected chi connectivity index (χ3v) is 2.31. The van der Waals surface area contributed by atoms with Crippen molar-refractivity contribution in [3.05, 3.63) is 0 Å². The largest absolute Gasteiger partial charge is 0.379 e. The summed E-state index contributed by atoms with van der Waals surface area (Å²) >= 11 is 0. The molecule has 2 atom stereocenters. The molecule has 0 aromatic heterocycles. The van der Waals surface area contributed by atoms with Crippen molar-refractivity contribution in [2.45, 2.75) is 59.2 Å². The molecule has 0 saturated heterocycles. The van der Waals surface area contributed by atoms with Gasteiger partial charge in [0.05, 0.1) is 25.4 Å². The van der Waals surface area contributed by atoms with Gasteiger partial charge in [-0.05, 0) is 27.2 Å². The van der Waals surface area contributed by atoms with Gasteiger partial charge in [-0.15, -0.1) is 0 Å². The summed E-state index contributed by atoms with van der Waals surface area (Å²) in [6, 6.07) is 0. The summed E-state index contributed by atoms with van der Waals surface area (Å²) in [5.74, 6) is 0. The molecule has 0 saturated carbocycles. The van der Waals surface area contributed by atoms with Crippen LogP contribution in [0.2, 0.25) is 0 Å². The topological polar surface area (TPSA) is 27.7 Å². The molecule has 0 fully saturated rings. The zero-order valence-electron chi connectivity index (χ0n) is 11.3. The van der Waals surface area contributed by atoms with Gasteiger partial charge in [0.25, 0.3) is 0 Å². The van der Waals surface area contributed by atoms with E-state index in [9.17, 15) is 0 Å². The third kappa shape index (κ3) is 10.4. The monoisotopic (exact) mass is 232 g/mol. The summed E-state index contributed by atoms with van der Waals surface area (Å²) in [7, 11) is 0. The van der Waals surface area contributed by atoms with Crippen molar-refractivity contribution in [1.29, 1.82) is 0 Å². The Hall–Kier alpha value is -0.120. The maximum atomic E-state index is 5.61. The molecular formula is C13H28O3. The Morgan fingerprint density at radius 3 is 2.19 bits per heavy atom. The van der Waals surface area contributed by atoms with E-state index >= 15 is 0 Å². The second-order valence-corrected chi connectivity index (χ2v) is 4.19. The summed E-state index contributed by atoms with van der Waals surface area (Å²) in [6.45, 7) is 11.2. The van der Waals surface area contributed by atoms with Crippen molar-refractivity contribution in [2.24, 2.45) is 0 Å². The van der Waals surface area contributed by atoms with Crippen LogP contribution in [0, 0.1) is 0 Å². The summed E-state index contributed by atoms with van der Waals surface area (Å²) in [5, 5.41) is 0. The number of rotatable bonds is 11. The van der Waals surface area contributed by atoms with Gasteiger partial charge < -0.3 is 14.2 Å². The molecule has 2 unspecified atom stereocenters. The van der Waals surface area contributed by atoms with Crippen LogP contribution in [0.25, 0.3) is 0 Å². The highest BCUT2D eigenvalue weighted by molar-refractivity contribution is 4.52. The van der Waals surface area contributed by atoms with Crippen LogP contribution in [0.5, 0.6) is 0 Å². The number of unbranched alkanes of at least 4 members (excludes halogenated alkanes) is 2. The number of ether oxygens (including phenoxy) is 3. The predicted octanol–water partition coefficient (Wildman–Crippen LogP) is 3.02. The summed E-state index contributed by atoms with van der Waals surface area (Å²) in [4.78, 5) is 0. The lowest BCUT2D eigenvalue weighted by Gasteiger charge is -2.17. The van der Waals surface area contributed by atoms with Gasteiger partial charge in [-0.3, -0.25) is 0 Å². The third-order valence-electron chi connectivity index (χ3n) is 2.31. The van der Waals surface area contributed by atoms with Crippen molar-refractivity contribution in [2.75, 3.05) is 26.4 Å². The number of hydrogen-bond acceptors (Lipinski definition) is 3. The Morgan fingerprint density at radius 2 is 1.56 bits per heavy atom. The van der Waals surface area contributed by atoms with Crippen LogP contribution >= 0.6 is 0 Å². The fourth-order valence-electron chi connectivity index (χ4n) is 1.38. The quantitative estimate of drug-likeness (QED) is 0.512. The van der Waals surface area contributed by atoms with E-state index in [1.54, 1.807) is 0 Å². The second-order valence-electron chi connectivity index (χ2n) is 4.19. The number of hydrogen-bond donors (Lipinski definition) is 0. The van der Waals surface area contributed by atoms with Gasteiger partial charge in [-0.25, -0.2) is 0 Å². The van der Waals surface area contributed by atoms with Crippen LogP contribution in [-0.2, 0) is 14.2 Å². The molecule has 0 amide bonds. The molecule has 3 heteroatoms. The van der Waals surface area contributed by atoms with Crippen molar-refractivity contribution < 1.29 is 14.2 Å². The van der Waals surface area contributed by atoms with E-state index in [0.29, 0.717) is 13.2 Å². The van der Waals surface area contributed by atoms with Gasteiger partial charge in [0.15, 0.2) is 0 Å². The van der Waals surface area contributed by atoms with Crippen LogP contribution in [-0.4, -0.2) is 38.6 Å². The average Bonchev–Trinajstić information content (AvgIpc) is 2.26. The molecule has 0 bridgehead atoms. The zero-order chi connectivity index (χ0) is 12.2. The SMILES string of the molecule is CCCCCOCC(C)OCC(C)OCC. The second kappa shape index (κ2) is 11.4. The first-order chi connectivity index (χ1) is 7.70. The molecule has 0 aromatic carbocycles. The van der Waals surface area contributed by atoms with Gasteiger partial charge >= 0.3 is 0 Å². The van der Waals surface area contributed by atoms with E-state index in [2.05, 4.69) is 6.92 Å². The molecule has 3 nitrogen and oxygen atoms in total. The first-order valence-electron chi connectivity index (χ1n) is 6.51. The van der Waals surface area contributed by atoms with Gasteiger partial charge in [0, 0.05) is 13.2 Å². The van der Waals surface area contributed by atoms with Crippen LogP contribution in [0.4, 0.5) is 0 Å². The van der Waals surface area contributed by atoms with Gasteiger partial charge in [0.2, 0.25) is 0 Å². The minimum atomic E-state index is 0.157. The van der Waals surface area contributed by atoms with Crippen LogP contribution < -0.4 is 0 Å². The summed E-state index contributed by atoms with van der Waals surface area (Å²) in [6.07, 6.45) is 3.97. The normalized spacial score (nSPS) is 15.0. The predicted molar refractivity (Wildman–Crippen MR) is 66.8 cm³/mol. The van der Waals surface area contributed by atoms with Crippen LogP contribution in [0.1, 0.15) is 47.0 Å². The molecule has 98 valence electrons. The Bertz CT molecular complexity index is 139. The molecule has 0 aliphatic heterocycles. The van der Waals surface area contributed by atoms with E-state index in [-0.39, 0.29) is 12.2 Å². The van der Waals surface area contributed by atoms with E-state index in [4.69, 9.17) is 14.2 Å². The molecule has 0 aliphatic rings. The Kier molecular flexibility index (Phi) is 11.3. The molecule has 0 spiro atoms. The van der Waals surface area contributed by atoms with Crippen LogP contribution in [0.15, 0.2) is 0 Å². The average molecular weight is 232 g/mol. The molecule has 16 heavy (non-hydrogen) atoms. The van der Waals surface area contributed by atoms with Crippen molar-refractivity contribution >= 4 is 0 Å². The van der Waals surface area contributed by atoms with Crippen molar-refractivity contribution in [3.8, 4) is 0 Å². The molecule has 0 N–H and O–H groups in total. The standard InChI is InChI=1S/C13H28O3/c1-5-7-8-9-14-10-12(3)16-11-13(4)15-6-2/h12-13H,5-11H2,1-4H3. The fraction of sp³-hybridized carbons (Fsp3) is 1.00. The molecule has 0 rings (SSSR count). The minimum Gasteiger partial charge on any atom is -0.379 e. The summed E-state index contributed by atoms with van der Waals surface area (Å²) in [5.41, 5.74) is 0. The zero-order valence-corrected chi connectivity index (χ0v) is 11.3. The van der Waals surface area contributed by atoms with Crippen molar-refractivity contribution in [3.63, 3.8) is 0 Å². The lowest BCUT2D eigenvalue weighted by molar-refractivity contribution is -0.0549. The molecule has 0 aliphatic carbocycles. The lowest BCUT2D eigenvalue weighted by Crippen LogP contribution is -2.23. The first kappa shape index (κ1) is 15.9. The van der Waals surface area contributed by atoms with Gasteiger partial charge in [-0.1, -0.05) is 19.8 Å². The van der Waals surface area contributed by atoms with E-state index in [1.807, 2.05) is 20.8 Å². The molecule has 0 radical (unpaired) electrons. The first-order valence-corrected chi connectivity index (χ1v) is 6.51. The molecular weight excluding hydrogens is 204 g/mol. The maximum absolute atomic E-state index is 5.61.